The molecule has 0 heterocycles. The molecule has 0 aromatic rings. The molecule has 0 aliphatic carbocycles. The SMILES string of the molecule is CCCCCCCCN(C)CCC(C)Cl. The lowest BCUT2D eigenvalue weighted by Crippen LogP contribution is -2.22. The molecular formula is C13H28ClN. The Morgan fingerprint density at radius 3 is 2.20 bits per heavy atom. The zero-order valence-corrected chi connectivity index (χ0v) is 11.5. The van der Waals surface area contributed by atoms with E-state index in [0.717, 1.165) is 13.0 Å². The summed E-state index contributed by atoms with van der Waals surface area (Å²) < 4.78 is 0. The van der Waals surface area contributed by atoms with Gasteiger partial charge >= 0.3 is 0 Å². The fraction of sp³-hybridized carbons (Fsp3) is 1.00. The molecule has 15 heavy (non-hydrogen) atoms. The van der Waals surface area contributed by atoms with E-state index in [2.05, 4.69) is 25.8 Å². The van der Waals surface area contributed by atoms with Crippen LogP contribution in [0.5, 0.6) is 0 Å². The highest BCUT2D eigenvalue weighted by atomic mass is 35.5. The zero-order valence-electron chi connectivity index (χ0n) is 10.8. The summed E-state index contributed by atoms with van der Waals surface area (Å²) in [6.45, 7) is 6.70. The largest absolute Gasteiger partial charge is 0.306 e. The molecule has 0 bridgehead atoms. The van der Waals surface area contributed by atoms with E-state index in [1.165, 1.54) is 45.1 Å². The van der Waals surface area contributed by atoms with Gasteiger partial charge in [-0.1, -0.05) is 39.0 Å². The van der Waals surface area contributed by atoms with Crippen molar-refractivity contribution in [1.82, 2.24) is 4.90 Å². The Morgan fingerprint density at radius 2 is 1.60 bits per heavy atom. The van der Waals surface area contributed by atoms with Crippen LogP contribution in [0.4, 0.5) is 0 Å². The number of rotatable bonds is 10. The first-order valence-electron chi connectivity index (χ1n) is 6.49. The monoisotopic (exact) mass is 233 g/mol. The second kappa shape index (κ2) is 10.8. The number of hydrogen-bond donors (Lipinski definition) is 0. The van der Waals surface area contributed by atoms with Gasteiger partial charge in [0, 0.05) is 5.38 Å². The molecular weight excluding hydrogens is 206 g/mol. The quantitative estimate of drug-likeness (QED) is 0.402. The highest BCUT2D eigenvalue weighted by molar-refractivity contribution is 6.20. The van der Waals surface area contributed by atoms with Gasteiger partial charge in [0.2, 0.25) is 0 Å². The molecule has 0 radical (unpaired) electrons. The van der Waals surface area contributed by atoms with E-state index in [1.54, 1.807) is 0 Å². The first-order valence-corrected chi connectivity index (χ1v) is 6.93. The minimum atomic E-state index is 0.317. The summed E-state index contributed by atoms with van der Waals surface area (Å²) in [6.07, 6.45) is 9.41. The number of halogens is 1. The van der Waals surface area contributed by atoms with Crippen molar-refractivity contribution in [1.29, 1.82) is 0 Å². The fourth-order valence-corrected chi connectivity index (χ4v) is 1.77. The predicted octanol–water partition coefficient (Wildman–Crippen LogP) is 4.30. The topological polar surface area (TPSA) is 3.24 Å². The maximum absolute atomic E-state index is 5.91. The third-order valence-electron chi connectivity index (χ3n) is 2.80. The second-order valence-electron chi connectivity index (χ2n) is 4.64. The van der Waals surface area contributed by atoms with E-state index in [4.69, 9.17) is 11.6 Å². The summed E-state index contributed by atoms with van der Waals surface area (Å²) in [5.41, 5.74) is 0. The van der Waals surface area contributed by atoms with Gasteiger partial charge in [-0.3, -0.25) is 0 Å². The summed E-state index contributed by atoms with van der Waals surface area (Å²) in [4.78, 5) is 2.40. The predicted molar refractivity (Wildman–Crippen MR) is 70.8 cm³/mol. The highest BCUT2D eigenvalue weighted by Gasteiger charge is 2.01. The Bertz CT molecular complexity index is 126. The molecule has 1 unspecified atom stereocenters. The molecule has 0 aromatic heterocycles. The number of unbranched alkanes of at least 4 members (excludes halogenated alkanes) is 5. The Hall–Kier alpha value is 0.250. The van der Waals surface area contributed by atoms with Crippen LogP contribution in [0.2, 0.25) is 0 Å². The molecule has 1 atom stereocenters. The maximum atomic E-state index is 5.91. The van der Waals surface area contributed by atoms with Crippen LogP contribution < -0.4 is 0 Å². The standard InChI is InChI=1S/C13H28ClN/c1-4-5-6-7-8-9-11-15(3)12-10-13(2)14/h13H,4-12H2,1-3H3. The first kappa shape index (κ1) is 15.2. The van der Waals surface area contributed by atoms with Gasteiger partial charge in [-0.2, -0.15) is 0 Å². The van der Waals surface area contributed by atoms with E-state index in [0.29, 0.717) is 5.38 Å². The van der Waals surface area contributed by atoms with E-state index < -0.39 is 0 Å². The van der Waals surface area contributed by atoms with Crippen LogP contribution in [0.3, 0.4) is 0 Å². The average Bonchev–Trinajstić information content (AvgIpc) is 2.20. The number of alkyl halides is 1. The van der Waals surface area contributed by atoms with E-state index >= 15 is 0 Å². The summed E-state index contributed by atoms with van der Waals surface area (Å²) in [6, 6.07) is 0. The zero-order chi connectivity index (χ0) is 11.5. The molecule has 0 saturated heterocycles. The van der Waals surface area contributed by atoms with Crippen LogP contribution in [0, 0.1) is 0 Å². The van der Waals surface area contributed by atoms with Gasteiger partial charge in [-0.15, -0.1) is 11.6 Å². The van der Waals surface area contributed by atoms with Crippen LogP contribution in [0.1, 0.15) is 58.8 Å². The lowest BCUT2D eigenvalue weighted by Gasteiger charge is -2.16. The molecule has 0 saturated carbocycles. The van der Waals surface area contributed by atoms with Gasteiger partial charge in [0.1, 0.15) is 0 Å². The van der Waals surface area contributed by atoms with Crippen molar-refractivity contribution in [3.63, 3.8) is 0 Å². The highest BCUT2D eigenvalue weighted by Crippen LogP contribution is 2.06. The third-order valence-corrected chi connectivity index (χ3v) is 3.02. The number of nitrogens with zero attached hydrogens (tertiary/aromatic N) is 1. The van der Waals surface area contributed by atoms with Crippen LogP contribution in [-0.4, -0.2) is 30.4 Å². The third kappa shape index (κ3) is 12.2. The minimum Gasteiger partial charge on any atom is -0.306 e. The second-order valence-corrected chi connectivity index (χ2v) is 5.39. The maximum Gasteiger partial charge on any atom is 0.0320 e. The summed E-state index contributed by atoms with van der Waals surface area (Å²) in [5.74, 6) is 0. The molecule has 2 heteroatoms. The molecule has 0 fully saturated rings. The van der Waals surface area contributed by atoms with E-state index in [1.807, 2.05) is 0 Å². The van der Waals surface area contributed by atoms with Crippen LogP contribution >= 0.6 is 11.6 Å². The summed E-state index contributed by atoms with van der Waals surface area (Å²) >= 11 is 5.91. The molecule has 1 nitrogen and oxygen atoms in total. The van der Waals surface area contributed by atoms with Crippen molar-refractivity contribution < 1.29 is 0 Å². The first-order chi connectivity index (χ1) is 7.16. The average molecular weight is 234 g/mol. The Balaban J connectivity index is 3.13. The van der Waals surface area contributed by atoms with Gasteiger partial charge in [0.05, 0.1) is 0 Å². The van der Waals surface area contributed by atoms with E-state index in [-0.39, 0.29) is 0 Å². The molecule has 0 spiro atoms. The fourth-order valence-electron chi connectivity index (χ4n) is 1.67. The summed E-state index contributed by atoms with van der Waals surface area (Å²) in [5, 5.41) is 0.317. The molecule has 0 aromatic carbocycles. The molecule has 0 rings (SSSR count). The van der Waals surface area contributed by atoms with Crippen molar-refractivity contribution in [3.05, 3.63) is 0 Å². The van der Waals surface area contributed by atoms with Gasteiger partial charge in [0.25, 0.3) is 0 Å². The molecule has 0 N–H and O–H groups in total. The van der Waals surface area contributed by atoms with Gasteiger partial charge in [-0.25, -0.2) is 0 Å². The molecule has 0 aliphatic heterocycles. The van der Waals surface area contributed by atoms with E-state index in [9.17, 15) is 0 Å². The van der Waals surface area contributed by atoms with Crippen LogP contribution in [-0.2, 0) is 0 Å². The van der Waals surface area contributed by atoms with Crippen LogP contribution in [0.15, 0.2) is 0 Å². The molecule has 92 valence electrons. The lowest BCUT2D eigenvalue weighted by atomic mass is 10.1. The normalized spacial score (nSPS) is 13.4. The number of hydrogen-bond acceptors (Lipinski definition) is 1. The Kier molecular flexibility index (Phi) is 10.9. The minimum absolute atomic E-state index is 0.317. The van der Waals surface area contributed by atoms with Crippen molar-refractivity contribution in [3.8, 4) is 0 Å². The van der Waals surface area contributed by atoms with Gasteiger partial charge in [-0.05, 0) is 39.9 Å². The van der Waals surface area contributed by atoms with Crippen LogP contribution in [0.25, 0.3) is 0 Å². The van der Waals surface area contributed by atoms with Gasteiger partial charge in [0.15, 0.2) is 0 Å². The molecule has 0 aliphatic rings. The van der Waals surface area contributed by atoms with Crippen molar-refractivity contribution >= 4 is 11.6 Å². The Labute approximate surface area is 101 Å². The van der Waals surface area contributed by atoms with Crippen molar-refractivity contribution in [2.24, 2.45) is 0 Å². The molecule has 0 amide bonds. The van der Waals surface area contributed by atoms with Crippen molar-refractivity contribution in [2.75, 3.05) is 20.1 Å². The summed E-state index contributed by atoms with van der Waals surface area (Å²) in [7, 11) is 2.20. The smallest absolute Gasteiger partial charge is 0.0320 e. The lowest BCUT2D eigenvalue weighted by molar-refractivity contribution is 0.319. The van der Waals surface area contributed by atoms with Crippen molar-refractivity contribution in [2.45, 2.75) is 64.2 Å². The van der Waals surface area contributed by atoms with Gasteiger partial charge < -0.3 is 4.90 Å². The Morgan fingerprint density at radius 1 is 1.00 bits per heavy atom.